The lowest BCUT2D eigenvalue weighted by Gasteiger charge is -2.54. The van der Waals surface area contributed by atoms with Gasteiger partial charge in [0.1, 0.15) is 0 Å². The number of ether oxygens (including phenoxy) is 1. The smallest absolute Gasteiger partial charge is 0.239 e. The van der Waals surface area contributed by atoms with Crippen LogP contribution in [0.25, 0.3) is 21.2 Å². The van der Waals surface area contributed by atoms with Crippen LogP contribution in [0.3, 0.4) is 0 Å². The first kappa shape index (κ1) is 48.9. The minimum absolute atomic E-state index is 0.000394. The number of thiophene rings is 1. The largest absolute Gasteiger partial charge is 0.453 e. The predicted octanol–water partition coefficient (Wildman–Crippen LogP) is 19.0. The molecule has 0 amide bonds. The van der Waals surface area contributed by atoms with E-state index in [0.29, 0.717) is 0 Å². The highest BCUT2D eigenvalue weighted by atomic mass is 32.1. The Morgan fingerprint density at radius 1 is 0.513 bits per heavy atom. The van der Waals surface area contributed by atoms with Crippen molar-refractivity contribution in [2.24, 2.45) is 10.8 Å². The van der Waals surface area contributed by atoms with Crippen molar-refractivity contribution in [3.8, 4) is 22.6 Å². The van der Waals surface area contributed by atoms with Crippen LogP contribution in [0.15, 0.2) is 175 Å². The fraction of sp³-hybridized carbons (Fsp3) is 0.314. The molecular formula is C70H72BN3OS. The van der Waals surface area contributed by atoms with Gasteiger partial charge in [-0.25, -0.2) is 0 Å². The molecule has 0 bridgehead atoms. The van der Waals surface area contributed by atoms with Gasteiger partial charge in [0.25, 0.3) is 0 Å². The highest BCUT2D eigenvalue weighted by Gasteiger charge is 2.54. The summed E-state index contributed by atoms with van der Waals surface area (Å²) in [7, 11) is 0. The lowest BCUT2D eigenvalue weighted by Crippen LogP contribution is -2.61. The van der Waals surface area contributed by atoms with Crippen molar-refractivity contribution in [2.75, 3.05) is 14.7 Å². The maximum absolute atomic E-state index is 6.75. The molecule has 1 saturated carbocycles. The van der Waals surface area contributed by atoms with Gasteiger partial charge in [0, 0.05) is 43.2 Å². The normalized spacial score (nSPS) is 19.1. The van der Waals surface area contributed by atoms with Crippen LogP contribution in [-0.2, 0) is 16.2 Å². The molecule has 3 aliphatic heterocycles. The van der Waals surface area contributed by atoms with Gasteiger partial charge in [-0.15, -0.1) is 11.3 Å². The Morgan fingerprint density at radius 2 is 1.07 bits per heavy atom. The first-order chi connectivity index (χ1) is 36.1. The summed E-state index contributed by atoms with van der Waals surface area (Å²) in [4.78, 5) is 7.95. The van der Waals surface area contributed by atoms with Crippen LogP contribution in [-0.4, -0.2) is 12.8 Å². The van der Waals surface area contributed by atoms with Gasteiger partial charge in [0.2, 0.25) is 6.71 Å². The summed E-state index contributed by atoms with van der Waals surface area (Å²) in [6.45, 7) is 31.1. The number of nitrogens with zero attached hydrogens (tertiary/aromatic N) is 3. The van der Waals surface area contributed by atoms with E-state index in [1.807, 2.05) is 11.3 Å². The summed E-state index contributed by atoms with van der Waals surface area (Å²) in [6.07, 6.45) is 7.89. The Morgan fingerprint density at radius 3 is 1.70 bits per heavy atom. The van der Waals surface area contributed by atoms with Crippen LogP contribution in [0, 0.1) is 10.8 Å². The van der Waals surface area contributed by atoms with Crippen molar-refractivity contribution < 1.29 is 4.74 Å². The van der Waals surface area contributed by atoms with Gasteiger partial charge < -0.3 is 19.4 Å². The number of hydrogen-bond donors (Lipinski definition) is 0. The van der Waals surface area contributed by atoms with E-state index in [1.165, 1.54) is 87.7 Å². The maximum Gasteiger partial charge on any atom is 0.239 e. The van der Waals surface area contributed by atoms with Gasteiger partial charge in [0.05, 0.1) is 28.8 Å². The SMILES string of the molecule is CC1(C)CCC(C)(C)C2=CC3C(C=C21)B1c2sc4ccc(C(C)(C)C)cc4c2N(c2ccc(C(C)(C)C)cc2)c2cc(N4c5ccccc5Oc5ccccc54)cc(c21)N3c1ccc(C(C)(C)C)cc1-c1ccccc1. The molecule has 1 aromatic heterocycles. The molecule has 382 valence electrons. The van der Waals surface area contributed by atoms with Gasteiger partial charge in [-0.05, 0) is 157 Å². The minimum Gasteiger partial charge on any atom is -0.453 e. The third-order valence-corrected chi connectivity index (χ3v) is 19.0. The zero-order valence-corrected chi connectivity index (χ0v) is 47.7. The molecule has 1 fully saturated rings. The molecule has 2 unspecified atom stereocenters. The number of benzene rings is 7. The Kier molecular flexibility index (Phi) is 10.8. The average Bonchev–Trinajstić information content (AvgIpc) is 3.90. The number of rotatable bonds is 4. The zero-order chi connectivity index (χ0) is 53.0. The van der Waals surface area contributed by atoms with Crippen molar-refractivity contribution in [1.29, 1.82) is 0 Å². The molecule has 8 aromatic rings. The van der Waals surface area contributed by atoms with Crippen molar-refractivity contribution in [2.45, 2.75) is 131 Å². The lowest BCUT2D eigenvalue weighted by atomic mass is 9.30. The summed E-state index contributed by atoms with van der Waals surface area (Å²) in [5, 5.41) is 1.33. The molecule has 2 aliphatic carbocycles. The average molecular weight is 1010 g/mol. The van der Waals surface area contributed by atoms with Crippen LogP contribution in [0.2, 0.25) is 5.82 Å². The molecule has 5 aliphatic rings. The van der Waals surface area contributed by atoms with E-state index in [1.54, 1.807) is 0 Å². The van der Waals surface area contributed by atoms with Crippen LogP contribution < -0.4 is 29.7 Å². The fourth-order valence-corrected chi connectivity index (χ4v) is 14.7. The van der Waals surface area contributed by atoms with E-state index >= 15 is 0 Å². The number of fused-ring (bicyclic) bond motifs is 9. The van der Waals surface area contributed by atoms with E-state index < -0.39 is 0 Å². The summed E-state index contributed by atoms with van der Waals surface area (Å²) < 4.78 is 9.54. The summed E-state index contributed by atoms with van der Waals surface area (Å²) in [5.74, 6) is 1.82. The van der Waals surface area contributed by atoms with Crippen molar-refractivity contribution in [3.05, 3.63) is 192 Å². The first-order valence-electron chi connectivity index (χ1n) is 27.8. The summed E-state index contributed by atoms with van der Waals surface area (Å²) in [6, 6.07) is 57.7. The highest BCUT2D eigenvalue weighted by Crippen LogP contribution is 2.61. The molecule has 4 nitrogen and oxygen atoms in total. The minimum atomic E-state index is -0.0522. The van der Waals surface area contributed by atoms with Gasteiger partial charge >= 0.3 is 0 Å². The quantitative estimate of drug-likeness (QED) is 0.164. The Hall–Kier alpha value is -6.76. The standard InChI is InChI=1S/C70H72BN3OS/c1-66(2,3)44-27-31-47(32-28-44)73-58-39-48(72-55-23-17-19-25-60(55)75-61-26-20-18-24-56(61)72)40-59-63(58)71(65-64(73)50-38-46(68(7,8)9)30-34-62(50)76-65)53-41-51-52(70(12,13)36-35-69(51,10)11)42-57(53)74(59)54-33-29-45(67(4,5)6)37-49(54)43-21-15-14-16-22-43/h14-34,37-42,53,57H,35-36H2,1-13H3. The van der Waals surface area contributed by atoms with E-state index in [0.717, 1.165) is 41.4 Å². The van der Waals surface area contributed by atoms with E-state index in [-0.39, 0.29) is 45.6 Å². The topological polar surface area (TPSA) is 19.0 Å². The molecule has 2 atom stereocenters. The monoisotopic (exact) mass is 1010 g/mol. The molecule has 7 aromatic carbocycles. The molecule has 0 N–H and O–H groups in total. The summed E-state index contributed by atoms with van der Waals surface area (Å²) >= 11 is 2.03. The Balaban J connectivity index is 1.20. The van der Waals surface area contributed by atoms with Gasteiger partial charge in [-0.1, -0.05) is 181 Å². The number of anilines is 8. The summed E-state index contributed by atoms with van der Waals surface area (Å²) in [5.41, 5.74) is 20.2. The fourth-order valence-electron chi connectivity index (χ4n) is 13.3. The van der Waals surface area contributed by atoms with Crippen LogP contribution in [0.4, 0.5) is 45.5 Å². The van der Waals surface area contributed by atoms with Crippen LogP contribution in [0.5, 0.6) is 11.5 Å². The zero-order valence-electron chi connectivity index (χ0n) is 46.9. The predicted molar refractivity (Wildman–Crippen MR) is 327 cm³/mol. The van der Waals surface area contributed by atoms with Crippen molar-refractivity contribution in [3.63, 3.8) is 0 Å². The second-order valence-corrected chi connectivity index (χ2v) is 28.0. The van der Waals surface area contributed by atoms with E-state index in [4.69, 9.17) is 4.74 Å². The Labute approximate surface area is 456 Å². The molecule has 0 saturated heterocycles. The van der Waals surface area contributed by atoms with Gasteiger partial charge in [-0.2, -0.15) is 0 Å². The molecule has 4 heterocycles. The molecule has 6 heteroatoms. The first-order valence-corrected chi connectivity index (χ1v) is 28.6. The van der Waals surface area contributed by atoms with Gasteiger partial charge in [-0.3, -0.25) is 0 Å². The molecular weight excluding hydrogens is 942 g/mol. The number of hydrogen-bond acceptors (Lipinski definition) is 5. The maximum atomic E-state index is 6.75. The lowest BCUT2D eigenvalue weighted by molar-refractivity contribution is 0.255. The number of allylic oxidation sites excluding steroid dienone is 2. The van der Waals surface area contributed by atoms with Crippen LogP contribution >= 0.6 is 11.3 Å². The van der Waals surface area contributed by atoms with Crippen LogP contribution in [0.1, 0.15) is 120 Å². The highest BCUT2D eigenvalue weighted by molar-refractivity contribution is 7.32. The molecule has 76 heavy (non-hydrogen) atoms. The molecule has 0 radical (unpaired) electrons. The second kappa shape index (κ2) is 16.9. The third kappa shape index (κ3) is 7.66. The number of para-hydroxylation sites is 4. The van der Waals surface area contributed by atoms with E-state index in [9.17, 15) is 0 Å². The van der Waals surface area contributed by atoms with Crippen molar-refractivity contribution in [1.82, 2.24) is 0 Å². The van der Waals surface area contributed by atoms with Gasteiger partial charge in [0.15, 0.2) is 11.5 Å². The van der Waals surface area contributed by atoms with E-state index in [2.05, 4.69) is 269 Å². The molecule has 13 rings (SSSR count). The molecule has 0 spiro atoms. The second-order valence-electron chi connectivity index (χ2n) is 26.9. The third-order valence-electron chi connectivity index (χ3n) is 17.8. The Bertz CT molecular complexity index is 3680. The van der Waals surface area contributed by atoms with Crippen molar-refractivity contribution >= 4 is 83.9 Å².